The number of nitrogens with zero attached hydrogens (tertiary/aromatic N) is 1. The van der Waals surface area contributed by atoms with E-state index in [-0.39, 0.29) is 6.42 Å². The Morgan fingerprint density at radius 2 is 2.39 bits per heavy atom. The Bertz CT molecular complexity index is 496. The number of rotatable bonds is 5. The summed E-state index contributed by atoms with van der Waals surface area (Å²) >= 11 is 1.31. The monoisotopic (exact) mass is 264 g/mol. The van der Waals surface area contributed by atoms with Crippen molar-refractivity contribution in [3.05, 3.63) is 23.9 Å². The molecular formula is C12H12N2O3S. The van der Waals surface area contributed by atoms with E-state index in [2.05, 4.69) is 16.2 Å². The van der Waals surface area contributed by atoms with Gasteiger partial charge in [0, 0.05) is 12.6 Å². The Kier molecular flexibility index (Phi) is 5.21. The number of nitrogens with one attached hydrogen (secondary N) is 1. The standard InChI is InChI=1S/C12H12N2O3S/c1-3-5-9(12(16)17)14-10(15)8-6-4-7-13-11(8)18-2/h1,4,6-7,9H,5H2,2H3,(H,14,15)(H,16,17). The smallest absolute Gasteiger partial charge is 0.327 e. The first-order valence-corrected chi connectivity index (χ1v) is 6.28. The van der Waals surface area contributed by atoms with E-state index in [9.17, 15) is 9.59 Å². The number of carboxylic acids is 1. The lowest BCUT2D eigenvalue weighted by Gasteiger charge is -2.12. The molecule has 0 radical (unpaired) electrons. The molecule has 18 heavy (non-hydrogen) atoms. The average Bonchev–Trinajstić information content (AvgIpc) is 2.37. The second kappa shape index (κ2) is 6.67. The van der Waals surface area contributed by atoms with Gasteiger partial charge >= 0.3 is 5.97 Å². The molecule has 1 heterocycles. The molecule has 94 valence electrons. The summed E-state index contributed by atoms with van der Waals surface area (Å²) in [4.78, 5) is 26.8. The number of thioether (sulfide) groups is 1. The van der Waals surface area contributed by atoms with E-state index in [1.54, 1.807) is 24.6 Å². The van der Waals surface area contributed by atoms with Gasteiger partial charge in [-0.2, -0.15) is 0 Å². The van der Waals surface area contributed by atoms with Gasteiger partial charge in [0.2, 0.25) is 0 Å². The predicted octanol–water partition coefficient (Wildman–Crippen LogP) is 1.01. The van der Waals surface area contributed by atoms with Gasteiger partial charge in [0.25, 0.3) is 5.91 Å². The third-order valence-electron chi connectivity index (χ3n) is 2.13. The van der Waals surface area contributed by atoms with Gasteiger partial charge in [-0.1, -0.05) is 0 Å². The highest BCUT2D eigenvalue weighted by Crippen LogP contribution is 2.16. The highest BCUT2D eigenvalue weighted by Gasteiger charge is 2.21. The first-order valence-electron chi connectivity index (χ1n) is 5.06. The quantitative estimate of drug-likeness (QED) is 0.613. The number of aromatic nitrogens is 1. The van der Waals surface area contributed by atoms with Crippen molar-refractivity contribution in [2.45, 2.75) is 17.5 Å². The highest BCUT2D eigenvalue weighted by molar-refractivity contribution is 7.98. The van der Waals surface area contributed by atoms with Gasteiger partial charge in [-0.15, -0.1) is 24.1 Å². The van der Waals surface area contributed by atoms with Crippen molar-refractivity contribution in [1.29, 1.82) is 0 Å². The first-order chi connectivity index (χ1) is 8.60. The van der Waals surface area contributed by atoms with E-state index in [1.807, 2.05) is 0 Å². The topological polar surface area (TPSA) is 79.3 Å². The third kappa shape index (κ3) is 3.50. The molecule has 1 amide bonds. The van der Waals surface area contributed by atoms with Crippen molar-refractivity contribution in [3.63, 3.8) is 0 Å². The van der Waals surface area contributed by atoms with Gasteiger partial charge in [0.1, 0.15) is 11.1 Å². The van der Waals surface area contributed by atoms with Crippen LogP contribution in [-0.4, -0.2) is 34.3 Å². The Balaban J connectivity index is 2.87. The molecule has 0 aliphatic heterocycles. The SMILES string of the molecule is C#CCC(NC(=O)c1cccnc1SC)C(=O)O. The number of pyridine rings is 1. The van der Waals surface area contributed by atoms with E-state index in [0.717, 1.165) is 0 Å². The normalized spacial score (nSPS) is 11.3. The molecule has 1 atom stereocenters. The molecule has 1 aromatic heterocycles. The lowest BCUT2D eigenvalue weighted by Crippen LogP contribution is -2.40. The summed E-state index contributed by atoms with van der Waals surface area (Å²) in [5, 5.41) is 11.8. The fraction of sp³-hybridized carbons (Fsp3) is 0.250. The van der Waals surface area contributed by atoms with Crippen LogP contribution in [0, 0.1) is 12.3 Å². The minimum absolute atomic E-state index is 0.0596. The summed E-state index contributed by atoms with van der Waals surface area (Å²) in [6.45, 7) is 0. The zero-order chi connectivity index (χ0) is 13.5. The van der Waals surface area contributed by atoms with Crippen molar-refractivity contribution in [1.82, 2.24) is 10.3 Å². The van der Waals surface area contributed by atoms with Crippen molar-refractivity contribution in [2.24, 2.45) is 0 Å². The van der Waals surface area contributed by atoms with E-state index in [1.165, 1.54) is 11.8 Å². The van der Waals surface area contributed by atoms with Crippen LogP contribution in [0.3, 0.4) is 0 Å². The molecular weight excluding hydrogens is 252 g/mol. The number of hydrogen-bond donors (Lipinski definition) is 2. The number of carbonyl (C=O) groups excluding carboxylic acids is 1. The second-order valence-electron chi connectivity index (χ2n) is 3.33. The molecule has 6 heteroatoms. The molecule has 1 unspecified atom stereocenters. The van der Waals surface area contributed by atoms with Gasteiger partial charge in [0.05, 0.1) is 5.56 Å². The van der Waals surface area contributed by atoms with Gasteiger partial charge in [-0.3, -0.25) is 4.79 Å². The van der Waals surface area contributed by atoms with Crippen LogP contribution in [0.25, 0.3) is 0 Å². The molecule has 0 spiro atoms. The van der Waals surface area contributed by atoms with Crippen molar-refractivity contribution in [3.8, 4) is 12.3 Å². The largest absolute Gasteiger partial charge is 0.480 e. The molecule has 0 saturated heterocycles. The van der Waals surface area contributed by atoms with E-state index in [0.29, 0.717) is 10.6 Å². The zero-order valence-electron chi connectivity index (χ0n) is 9.71. The summed E-state index contributed by atoms with van der Waals surface area (Å²) in [5.41, 5.74) is 0.341. The molecule has 0 fully saturated rings. The maximum atomic E-state index is 11.9. The molecule has 0 aromatic carbocycles. The summed E-state index contributed by atoms with van der Waals surface area (Å²) < 4.78 is 0. The summed E-state index contributed by atoms with van der Waals surface area (Å²) in [5.74, 6) is 0.571. The number of hydrogen-bond acceptors (Lipinski definition) is 4. The van der Waals surface area contributed by atoms with E-state index in [4.69, 9.17) is 11.5 Å². The minimum atomic E-state index is -1.16. The maximum absolute atomic E-state index is 11.9. The number of carbonyl (C=O) groups is 2. The maximum Gasteiger partial charge on any atom is 0.327 e. The van der Waals surface area contributed by atoms with Crippen molar-refractivity contribution >= 4 is 23.6 Å². The van der Waals surface area contributed by atoms with Gasteiger partial charge in [-0.25, -0.2) is 9.78 Å². The molecule has 1 aromatic rings. The van der Waals surface area contributed by atoms with E-state index < -0.39 is 17.9 Å². The molecule has 1 rings (SSSR count). The number of terminal acetylenes is 1. The number of carboxylic acid groups (broad SMARTS) is 1. The molecule has 0 aliphatic carbocycles. The van der Waals surface area contributed by atoms with Crippen LogP contribution >= 0.6 is 11.8 Å². The summed E-state index contributed by atoms with van der Waals surface area (Å²) in [6.07, 6.45) is 8.35. The summed E-state index contributed by atoms with van der Waals surface area (Å²) in [6, 6.07) is 2.12. The number of aliphatic carboxylic acids is 1. The molecule has 0 aliphatic rings. The fourth-order valence-electron chi connectivity index (χ4n) is 1.28. The Morgan fingerprint density at radius 3 is 2.94 bits per heavy atom. The van der Waals surface area contributed by atoms with Crippen molar-refractivity contribution in [2.75, 3.05) is 6.26 Å². The van der Waals surface area contributed by atoms with Crippen molar-refractivity contribution < 1.29 is 14.7 Å². The van der Waals surface area contributed by atoms with E-state index >= 15 is 0 Å². The van der Waals surface area contributed by atoms with Crippen LogP contribution in [0.15, 0.2) is 23.4 Å². The molecule has 2 N–H and O–H groups in total. The van der Waals surface area contributed by atoms with Gasteiger partial charge < -0.3 is 10.4 Å². The minimum Gasteiger partial charge on any atom is -0.480 e. The molecule has 0 saturated carbocycles. The lowest BCUT2D eigenvalue weighted by atomic mass is 10.2. The van der Waals surface area contributed by atoms with Gasteiger partial charge in [0.15, 0.2) is 0 Å². The fourth-order valence-corrected chi connectivity index (χ4v) is 1.83. The highest BCUT2D eigenvalue weighted by atomic mass is 32.2. The van der Waals surface area contributed by atoms with Crippen LogP contribution in [0.5, 0.6) is 0 Å². The zero-order valence-corrected chi connectivity index (χ0v) is 10.5. The first kappa shape index (κ1) is 14.1. The van der Waals surface area contributed by atoms with Crippen LogP contribution in [0.4, 0.5) is 0 Å². The molecule has 5 nitrogen and oxygen atoms in total. The Hall–Kier alpha value is -2.00. The van der Waals surface area contributed by atoms with Crippen LogP contribution in [0.1, 0.15) is 16.8 Å². The van der Waals surface area contributed by atoms with Gasteiger partial charge in [-0.05, 0) is 18.4 Å². The Morgan fingerprint density at radius 1 is 1.67 bits per heavy atom. The second-order valence-corrected chi connectivity index (χ2v) is 4.13. The van der Waals surface area contributed by atoms with Crippen LogP contribution in [-0.2, 0) is 4.79 Å². The predicted molar refractivity (Wildman–Crippen MR) is 68.4 cm³/mol. The van der Waals surface area contributed by atoms with Crippen LogP contribution in [0.2, 0.25) is 0 Å². The average molecular weight is 264 g/mol. The number of amides is 1. The molecule has 0 bridgehead atoms. The Labute approximate surface area is 109 Å². The van der Waals surface area contributed by atoms with Crippen LogP contribution < -0.4 is 5.32 Å². The summed E-state index contributed by atoms with van der Waals surface area (Å²) in [7, 11) is 0. The lowest BCUT2D eigenvalue weighted by molar-refractivity contribution is -0.139. The third-order valence-corrected chi connectivity index (χ3v) is 2.85.